The van der Waals surface area contributed by atoms with Crippen molar-refractivity contribution in [3.63, 3.8) is 0 Å². The van der Waals surface area contributed by atoms with Gasteiger partial charge in [0, 0.05) is 23.5 Å². The van der Waals surface area contributed by atoms with Gasteiger partial charge in [0.2, 0.25) is 0 Å². The van der Waals surface area contributed by atoms with Gasteiger partial charge in [0.25, 0.3) is 0 Å². The monoisotopic (exact) mass is 180 g/mol. The molecular weight excluding hydrogens is 164 g/mol. The topological polar surface area (TPSA) is 58.3 Å². The third kappa shape index (κ3) is 2.36. The summed E-state index contributed by atoms with van der Waals surface area (Å²) in [6.45, 7) is 4.58. The van der Waals surface area contributed by atoms with Crippen molar-refractivity contribution in [2.45, 2.75) is 20.0 Å². The second kappa shape index (κ2) is 4.14. The number of hydrogen-bond acceptors (Lipinski definition) is 3. The van der Waals surface area contributed by atoms with Crippen LogP contribution in [0.15, 0.2) is 18.2 Å². The van der Waals surface area contributed by atoms with Crippen LogP contribution in [0.5, 0.6) is 0 Å². The lowest BCUT2D eigenvalue weighted by molar-refractivity contribution is 0.200. The fourth-order valence-corrected chi connectivity index (χ4v) is 1.28. The summed E-state index contributed by atoms with van der Waals surface area (Å²) in [7, 11) is 0. The number of anilines is 2. The Hall–Kier alpha value is -1.22. The van der Waals surface area contributed by atoms with Crippen LogP contribution in [0.3, 0.4) is 0 Å². The van der Waals surface area contributed by atoms with Crippen LogP contribution in [0.1, 0.15) is 25.5 Å². The Kier molecular flexibility index (Phi) is 3.14. The molecule has 1 atom stereocenters. The van der Waals surface area contributed by atoms with Crippen LogP contribution in [0.4, 0.5) is 11.4 Å². The fourth-order valence-electron chi connectivity index (χ4n) is 1.28. The lowest BCUT2D eigenvalue weighted by Crippen LogP contribution is -2.03. The molecule has 3 heteroatoms. The number of rotatable bonds is 3. The summed E-state index contributed by atoms with van der Waals surface area (Å²) >= 11 is 0. The summed E-state index contributed by atoms with van der Waals surface area (Å²) in [5, 5.41) is 12.6. The van der Waals surface area contributed by atoms with Crippen molar-refractivity contribution in [3.05, 3.63) is 23.8 Å². The van der Waals surface area contributed by atoms with E-state index in [0.717, 1.165) is 17.8 Å². The van der Waals surface area contributed by atoms with Crippen molar-refractivity contribution in [1.29, 1.82) is 0 Å². The highest BCUT2D eigenvalue weighted by Crippen LogP contribution is 2.24. The minimum absolute atomic E-state index is 0.488. The summed E-state index contributed by atoms with van der Waals surface area (Å²) in [6, 6.07) is 5.51. The molecule has 0 bridgehead atoms. The molecule has 1 unspecified atom stereocenters. The van der Waals surface area contributed by atoms with Crippen LogP contribution in [-0.4, -0.2) is 11.7 Å². The van der Waals surface area contributed by atoms with Gasteiger partial charge in [-0.3, -0.25) is 0 Å². The van der Waals surface area contributed by atoms with E-state index in [1.54, 1.807) is 13.0 Å². The van der Waals surface area contributed by atoms with Gasteiger partial charge < -0.3 is 16.2 Å². The Morgan fingerprint density at radius 2 is 2.23 bits per heavy atom. The first kappa shape index (κ1) is 9.86. The van der Waals surface area contributed by atoms with Crippen LogP contribution >= 0.6 is 0 Å². The first-order valence-electron chi connectivity index (χ1n) is 4.46. The first-order valence-corrected chi connectivity index (χ1v) is 4.46. The smallest absolute Gasteiger partial charge is 0.0782 e. The summed E-state index contributed by atoms with van der Waals surface area (Å²) in [6.07, 6.45) is -0.488. The van der Waals surface area contributed by atoms with Gasteiger partial charge in [-0.25, -0.2) is 0 Å². The van der Waals surface area contributed by atoms with E-state index >= 15 is 0 Å². The molecule has 4 N–H and O–H groups in total. The zero-order valence-corrected chi connectivity index (χ0v) is 8.04. The molecule has 1 rings (SSSR count). The van der Waals surface area contributed by atoms with E-state index in [1.165, 1.54) is 0 Å². The quantitative estimate of drug-likeness (QED) is 0.621. The van der Waals surface area contributed by atoms with Gasteiger partial charge in [-0.2, -0.15) is 0 Å². The van der Waals surface area contributed by atoms with Gasteiger partial charge in [-0.15, -0.1) is 0 Å². The Balaban J connectivity index is 3.03. The summed E-state index contributed by atoms with van der Waals surface area (Å²) < 4.78 is 0. The lowest BCUT2D eigenvalue weighted by atomic mass is 10.1. The van der Waals surface area contributed by atoms with Gasteiger partial charge in [0.1, 0.15) is 0 Å². The molecular formula is C10H16N2O. The molecule has 1 aromatic carbocycles. The summed E-state index contributed by atoms with van der Waals surface area (Å²) in [5.74, 6) is 0. The number of benzene rings is 1. The van der Waals surface area contributed by atoms with Crippen molar-refractivity contribution in [2.75, 3.05) is 17.6 Å². The molecule has 0 heterocycles. The molecule has 0 saturated carbocycles. The maximum absolute atomic E-state index is 9.46. The van der Waals surface area contributed by atoms with Crippen molar-refractivity contribution in [1.82, 2.24) is 0 Å². The molecule has 0 fully saturated rings. The van der Waals surface area contributed by atoms with Gasteiger partial charge in [0.05, 0.1) is 6.10 Å². The third-order valence-corrected chi connectivity index (χ3v) is 1.89. The Bertz CT molecular complexity index is 284. The van der Waals surface area contributed by atoms with Crippen LogP contribution in [0.25, 0.3) is 0 Å². The zero-order chi connectivity index (χ0) is 9.84. The molecule has 13 heavy (non-hydrogen) atoms. The van der Waals surface area contributed by atoms with E-state index < -0.39 is 6.10 Å². The van der Waals surface area contributed by atoms with Gasteiger partial charge >= 0.3 is 0 Å². The molecule has 0 aliphatic carbocycles. The molecule has 1 aromatic rings. The normalized spacial score (nSPS) is 12.5. The second-order valence-electron chi connectivity index (χ2n) is 3.05. The van der Waals surface area contributed by atoms with Crippen molar-refractivity contribution >= 4 is 11.4 Å². The number of nitrogens with one attached hydrogen (secondary N) is 1. The first-order chi connectivity index (χ1) is 6.15. The van der Waals surface area contributed by atoms with E-state index in [2.05, 4.69) is 5.32 Å². The summed E-state index contributed by atoms with van der Waals surface area (Å²) in [4.78, 5) is 0. The average Bonchev–Trinajstić information content (AvgIpc) is 2.08. The number of aliphatic hydroxyl groups excluding tert-OH is 1. The van der Waals surface area contributed by atoms with Crippen LogP contribution in [-0.2, 0) is 0 Å². The van der Waals surface area contributed by atoms with Gasteiger partial charge in [-0.1, -0.05) is 0 Å². The molecule has 0 aliphatic rings. The Morgan fingerprint density at radius 3 is 2.77 bits per heavy atom. The van der Waals surface area contributed by atoms with Crippen molar-refractivity contribution in [3.8, 4) is 0 Å². The van der Waals surface area contributed by atoms with Crippen molar-refractivity contribution < 1.29 is 5.11 Å². The predicted octanol–water partition coefficient (Wildman–Crippen LogP) is 1.75. The van der Waals surface area contributed by atoms with E-state index in [0.29, 0.717) is 5.69 Å². The molecule has 0 aliphatic heterocycles. The van der Waals surface area contributed by atoms with Gasteiger partial charge in [-0.05, 0) is 32.0 Å². The maximum atomic E-state index is 9.46. The SMILES string of the molecule is CCNc1ccc(N)cc1C(C)O. The average molecular weight is 180 g/mol. The Morgan fingerprint density at radius 1 is 1.54 bits per heavy atom. The highest BCUT2D eigenvalue weighted by Gasteiger charge is 2.06. The predicted molar refractivity (Wildman–Crippen MR) is 55.7 cm³/mol. The number of nitrogen functional groups attached to an aromatic ring is 1. The number of aliphatic hydroxyl groups is 1. The number of hydrogen-bond donors (Lipinski definition) is 3. The molecule has 0 spiro atoms. The largest absolute Gasteiger partial charge is 0.399 e. The second-order valence-corrected chi connectivity index (χ2v) is 3.05. The minimum Gasteiger partial charge on any atom is -0.399 e. The third-order valence-electron chi connectivity index (χ3n) is 1.89. The molecule has 0 saturated heterocycles. The zero-order valence-electron chi connectivity index (χ0n) is 8.04. The maximum Gasteiger partial charge on any atom is 0.0782 e. The fraction of sp³-hybridized carbons (Fsp3) is 0.400. The molecule has 3 nitrogen and oxygen atoms in total. The highest BCUT2D eigenvalue weighted by atomic mass is 16.3. The molecule has 0 radical (unpaired) electrons. The standard InChI is InChI=1S/C10H16N2O/c1-3-12-10-5-4-8(11)6-9(10)7(2)13/h4-7,12-13H,3,11H2,1-2H3. The van der Waals surface area contributed by atoms with Crippen LogP contribution in [0, 0.1) is 0 Å². The van der Waals surface area contributed by atoms with Crippen LogP contribution in [0.2, 0.25) is 0 Å². The molecule has 72 valence electrons. The van der Waals surface area contributed by atoms with E-state index in [4.69, 9.17) is 5.73 Å². The van der Waals surface area contributed by atoms with E-state index in [-0.39, 0.29) is 0 Å². The van der Waals surface area contributed by atoms with E-state index in [9.17, 15) is 5.11 Å². The van der Waals surface area contributed by atoms with Crippen LogP contribution < -0.4 is 11.1 Å². The number of nitrogens with two attached hydrogens (primary N) is 1. The minimum atomic E-state index is -0.488. The molecule has 0 amide bonds. The summed E-state index contributed by atoms with van der Waals surface area (Å²) in [5.41, 5.74) is 8.10. The molecule has 0 aromatic heterocycles. The lowest BCUT2D eigenvalue weighted by Gasteiger charge is -2.13. The Labute approximate surface area is 78.6 Å². The highest BCUT2D eigenvalue weighted by molar-refractivity contribution is 5.58. The van der Waals surface area contributed by atoms with Crippen molar-refractivity contribution in [2.24, 2.45) is 0 Å². The van der Waals surface area contributed by atoms with E-state index in [1.807, 2.05) is 19.1 Å². The van der Waals surface area contributed by atoms with Gasteiger partial charge in [0.15, 0.2) is 0 Å².